The number of nitrogens with two attached hydrogens (primary N) is 1. The number of nitrogens with zero attached hydrogens (tertiary/aromatic N) is 3. The summed E-state index contributed by atoms with van der Waals surface area (Å²) in [5, 5.41) is 6.22. The number of amides is 2. The third-order valence-corrected chi connectivity index (χ3v) is 4.78. The van der Waals surface area contributed by atoms with Gasteiger partial charge in [-0.15, -0.1) is 0 Å². The van der Waals surface area contributed by atoms with E-state index in [1.807, 2.05) is 12.1 Å². The molecule has 2 heterocycles. The van der Waals surface area contributed by atoms with Gasteiger partial charge in [-0.2, -0.15) is 0 Å². The van der Waals surface area contributed by atoms with Gasteiger partial charge in [0.05, 0.1) is 11.9 Å². The smallest absolute Gasteiger partial charge is 0.268 e. The largest absolute Gasteiger partial charge is 0.367 e. The molecule has 0 spiro atoms. The molecule has 0 radical (unpaired) electrons. The highest BCUT2D eigenvalue weighted by Gasteiger charge is 2.23. The van der Waals surface area contributed by atoms with Gasteiger partial charge in [-0.3, -0.25) is 14.0 Å². The second-order valence-electron chi connectivity index (χ2n) is 7.78. The molecule has 1 aliphatic carbocycles. The molecule has 8 nitrogen and oxygen atoms in total. The predicted molar refractivity (Wildman–Crippen MR) is 111 cm³/mol. The first-order valence-electron chi connectivity index (χ1n) is 9.75. The molecule has 29 heavy (non-hydrogen) atoms. The molecule has 4 rings (SSSR count). The van der Waals surface area contributed by atoms with Crippen LogP contribution in [0.4, 0.5) is 5.82 Å². The Balaban J connectivity index is 1.69. The minimum atomic E-state index is -0.605. The van der Waals surface area contributed by atoms with E-state index < -0.39 is 5.91 Å². The van der Waals surface area contributed by atoms with Gasteiger partial charge in [-0.05, 0) is 30.9 Å². The fourth-order valence-corrected chi connectivity index (χ4v) is 3.03. The molecule has 0 unspecified atom stereocenters. The summed E-state index contributed by atoms with van der Waals surface area (Å²) in [4.78, 5) is 32.8. The quantitative estimate of drug-likeness (QED) is 0.571. The van der Waals surface area contributed by atoms with Gasteiger partial charge in [0.2, 0.25) is 0 Å². The van der Waals surface area contributed by atoms with Gasteiger partial charge in [0.25, 0.3) is 11.8 Å². The van der Waals surface area contributed by atoms with Crippen LogP contribution in [-0.2, 0) is 0 Å². The first kappa shape index (κ1) is 18.9. The van der Waals surface area contributed by atoms with Crippen LogP contribution in [0.3, 0.4) is 0 Å². The van der Waals surface area contributed by atoms with Gasteiger partial charge >= 0.3 is 0 Å². The number of nitrogens with one attached hydrogen (secondary N) is 2. The molecule has 1 aliphatic rings. The number of rotatable bonds is 7. The Morgan fingerprint density at radius 2 is 1.97 bits per heavy atom. The molecule has 1 aromatic carbocycles. The summed E-state index contributed by atoms with van der Waals surface area (Å²) in [5.41, 5.74) is 8.52. The van der Waals surface area contributed by atoms with Gasteiger partial charge in [0, 0.05) is 29.9 Å². The van der Waals surface area contributed by atoms with E-state index in [0.29, 0.717) is 35.5 Å². The van der Waals surface area contributed by atoms with Crippen molar-refractivity contribution in [3.05, 3.63) is 47.9 Å². The highest BCUT2D eigenvalue weighted by atomic mass is 16.2. The fourth-order valence-electron chi connectivity index (χ4n) is 3.03. The monoisotopic (exact) mass is 392 g/mol. The van der Waals surface area contributed by atoms with Crippen LogP contribution in [0.2, 0.25) is 0 Å². The Bertz CT molecular complexity index is 1070. The summed E-state index contributed by atoms with van der Waals surface area (Å²) in [5.74, 6) is 0.253. The van der Waals surface area contributed by atoms with E-state index in [4.69, 9.17) is 5.73 Å². The van der Waals surface area contributed by atoms with Crippen molar-refractivity contribution in [3.8, 4) is 11.3 Å². The van der Waals surface area contributed by atoms with E-state index in [1.54, 1.807) is 28.9 Å². The second kappa shape index (κ2) is 7.54. The normalized spacial score (nSPS) is 13.6. The van der Waals surface area contributed by atoms with Crippen molar-refractivity contribution in [2.75, 3.05) is 11.9 Å². The summed E-state index contributed by atoms with van der Waals surface area (Å²) in [7, 11) is 0. The lowest BCUT2D eigenvalue weighted by atomic mass is 10.1. The highest BCUT2D eigenvalue weighted by Crippen LogP contribution is 2.25. The highest BCUT2D eigenvalue weighted by molar-refractivity contribution is 5.95. The zero-order valence-electron chi connectivity index (χ0n) is 16.5. The maximum atomic E-state index is 12.2. The van der Waals surface area contributed by atoms with Gasteiger partial charge < -0.3 is 16.4 Å². The van der Waals surface area contributed by atoms with Crippen LogP contribution >= 0.6 is 0 Å². The molecule has 1 saturated carbocycles. The number of carbonyl (C=O) groups excluding carboxylic acids is 2. The Kier molecular flexibility index (Phi) is 4.92. The third-order valence-electron chi connectivity index (χ3n) is 4.78. The Labute approximate surface area is 168 Å². The van der Waals surface area contributed by atoms with Crippen molar-refractivity contribution < 1.29 is 9.59 Å². The van der Waals surface area contributed by atoms with E-state index in [2.05, 4.69) is 34.4 Å². The molecule has 1 fully saturated rings. The van der Waals surface area contributed by atoms with Gasteiger partial charge in [-0.25, -0.2) is 9.97 Å². The number of anilines is 1. The minimum Gasteiger partial charge on any atom is -0.367 e. The molecule has 0 saturated heterocycles. The van der Waals surface area contributed by atoms with Crippen molar-refractivity contribution in [2.24, 2.45) is 11.7 Å². The Morgan fingerprint density at radius 3 is 2.59 bits per heavy atom. The van der Waals surface area contributed by atoms with Gasteiger partial charge in [0.15, 0.2) is 11.5 Å². The number of benzene rings is 1. The summed E-state index contributed by atoms with van der Waals surface area (Å²) in [6.45, 7) is 4.86. The zero-order chi connectivity index (χ0) is 20.5. The van der Waals surface area contributed by atoms with Crippen LogP contribution < -0.4 is 16.4 Å². The van der Waals surface area contributed by atoms with E-state index in [1.165, 1.54) is 0 Å². The average Bonchev–Trinajstić information content (AvgIpc) is 3.41. The van der Waals surface area contributed by atoms with E-state index >= 15 is 0 Å². The number of hydrogen-bond donors (Lipinski definition) is 3. The van der Waals surface area contributed by atoms with Crippen LogP contribution in [0.5, 0.6) is 0 Å². The van der Waals surface area contributed by atoms with E-state index in [9.17, 15) is 9.59 Å². The number of imidazole rings is 1. The minimum absolute atomic E-state index is 0.0578. The number of fused-ring (bicyclic) bond motifs is 1. The molecule has 4 N–H and O–H groups in total. The number of aromatic nitrogens is 3. The Hall–Kier alpha value is -3.42. The van der Waals surface area contributed by atoms with Crippen LogP contribution in [0.1, 0.15) is 47.5 Å². The zero-order valence-corrected chi connectivity index (χ0v) is 16.5. The number of primary amides is 1. The van der Waals surface area contributed by atoms with Crippen molar-refractivity contribution >= 4 is 23.3 Å². The van der Waals surface area contributed by atoms with Crippen LogP contribution in [0.15, 0.2) is 36.7 Å². The maximum absolute atomic E-state index is 12.2. The summed E-state index contributed by atoms with van der Waals surface area (Å²) in [6.07, 6.45) is 5.42. The lowest BCUT2D eigenvalue weighted by molar-refractivity contribution is 0.0949. The van der Waals surface area contributed by atoms with Crippen molar-refractivity contribution in [1.29, 1.82) is 0 Å². The summed E-state index contributed by atoms with van der Waals surface area (Å²) in [6, 6.07) is 7.65. The molecular weight excluding hydrogens is 368 g/mol. The summed E-state index contributed by atoms with van der Waals surface area (Å²) >= 11 is 0. The fraction of sp³-hybridized carbons (Fsp3) is 0.333. The lowest BCUT2D eigenvalue weighted by Gasteiger charge is -2.11. The molecule has 150 valence electrons. The molecular formula is C21H24N6O2. The molecule has 0 atom stereocenters. The van der Waals surface area contributed by atoms with Crippen molar-refractivity contribution in [3.63, 3.8) is 0 Å². The molecule has 0 aliphatic heterocycles. The predicted octanol–water partition coefficient (Wildman–Crippen LogP) is 2.46. The third kappa shape index (κ3) is 4.06. The standard InChI is InChI=1S/C21H24N6O2/c1-12(2)9-23-19-20-24-10-17(27(20)11-16(26-19)18(22)28)13-3-5-14(6-4-13)21(29)25-15-7-8-15/h3-6,10-12,15H,7-9H2,1-2H3,(H2,22,28)(H,23,26)(H,25,29). The van der Waals surface area contributed by atoms with Crippen LogP contribution in [-0.4, -0.2) is 38.8 Å². The SMILES string of the molecule is CC(C)CNc1nc(C(N)=O)cn2c(-c3ccc(C(=O)NC4CC4)cc3)cnc12. The number of carbonyl (C=O) groups is 2. The van der Waals surface area contributed by atoms with Crippen molar-refractivity contribution in [1.82, 2.24) is 19.7 Å². The van der Waals surface area contributed by atoms with E-state index in [0.717, 1.165) is 24.1 Å². The van der Waals surface area contributed by atoms with Gasteiger partial charge in [-0.1, -0.05) is 26.0 Å². The lowest BCUT2D eigenvalue weighted by Crippen LogP contribution is -2.25. The molecule has 0 bridgehead atoms. The number of hydrogen-bond acceptors (Lipinski definition) is 5. The molecule has 2 amide bonds. The second-order valence-corrected chi connectivity index (χ2v) is 7.78. The molecule has 2 aromatic heterocycles. The first-order chi connectivity index (χ1) is 13.9. The molecule has 3 aromatic rings. The average molecular weight is 392 g/mol. The van der Waals surface area contributed by atoms with Crippen LogP contribution in [0, 0.1) is 5.92 Å². The molecule has 8 heteroatoms. The maximum Gasteiger partial charge on any atom is 0.268 e. The van der Waals surface area contributed by atoms with Crippen molar-refractivity contribution in [2.45, 2.75) is 32.7 Å². The van der Waals surface area contributed by atoms with Gasteiger partial charge in [0.1, 0.15) is 5.69 Å². The van der Waals surface area contributed by atoms with E-state index in [-0.39, 0.29) is 11.6 Å². The first-order valence-corrected chi connectivity index (χ1v) is 9.75. The summed E-state index contributed by atoms with van der Waals surface area (Å²) < 4.78 is 1.80. The Morgan fingerprint density at radius 1 is 1.24 bits per heavy atom. The topological polar surface area (TPSA) is 114 Å². The van der Waals surface area contributed by atoms with Crippen LogP contribution in [0.25, 0.3) is 16.9 Å².